The molecule has 12 heavy (non-hydrogen) atoms. The van der Waals surface area contributed by atoms with Gasteiger partial charge in [0.2, 0.25) is 0 Å². The van der Waals surface area contributed by atoms with Crippen molar-refractivity contribution in [3.8, 4) is 0 Å². The van der Waals surface area contributed by atoms with E-state index in [4.69, 9.17) is 18.0 Å². The highest BCUT2D eigenvalue weighted by Crippen LogP contribution is 2.11. The number of nitrogens with two attached hydrogens (primary N) is 1. The van der Waals surface area contributed by atoms with Gasteiger partial charge in [-0.15, -0.1) is 0 Å². The number of rotatable bonds is 2. The second-order valence-electron chi connectivity index (χ2n) is 2.97. The first-order valence-electron chi connectivity index (χ1n) is 3.88. The molecular formula is C9H12N2S. The van der Waals surface area contributed by atoms with Crippen LogP contribution in [0, 0.1) is 0 Å². The van der Waals surface area contributed by atoms with Crippen LogP contribution >= 0.6 is 12.2 Å². The molecule has 0 aliphatic heterocycles. The van der Waals surface area contributed by atoms with Crippen molar-refractivity contribution in [2.24, 2.45) is 5.73 Å². The normalized spacial score (nSPS) is 10.2. The molecule has 64 valence electrons. The Labute approximate surface area is 77.8 Å². The van der Waals surface area contributed by atoms with Crippen molar-refractivity contribution >= 4 is 17.2 Å². The van der Waals surface area contributed by atoms with Crippen molar-refractivity contribution in [1.29, 1.82) is 0 Å². The predicted octanol–water partition coefficient (Wildman–Crippen LogP) is 1.84. The summed E-state index contributed by atoms with van der Waals surface area (Å²) in [5.41, 5.74) is 7.18. The van der Waals surface area contributed by atoms with Crippen LogP contribution in [0.5, 0.6) is 0 Å². The second kappa shape index (κ2) is 3.63. The van der Waals surface area contributed by atoms with E-state index in [0.717, 1.165) is 5.69 Å². The largest absolute Gasteiger partial charge is 0.388 e. The van der Waals surface area contributed by atoms with Gasteiger partial charge in [-0.3, -0.25) is 4.98 Å². The van der Waals surface area contributed by atoms with Crippen molar-refractivity contribution in [1.82, 2.24) is 4.98 Å². The Kier molecular flexibility index (Phi) is 2.76. The molecule has 2 N–H and O–H groups in total. The van der Waals surface area contributed by atoms with E-state index in [2.05, 4.69) is 18.8 Å². The number of nitrogens with zero attached hydrogens (tertiary/aromatic N) is 1. The van der Waals surface area contributed by atoms with E-state index < -0.39 is 0 Å². The third-order valence-corrected chi connectivity index (χ3v) is 1.82. The SMILES string of the molecule is CC(C)c1cccc(C(N)=S)n1. The summed E-state index contributed by atoms with van der Waals surface area (Å²) in [7, 11) is 0. The van der Waals surface area contributed by atoms with Crippen LogP contribution in [0.2, 0.25) is 0 Å². The highest BCUT2D eigenvalue weighted by molar-refractivity contribution is 7.80. The van der Waals surface area contributed by atoms with E-state index >= 15 is 0 Å². The van der Waals surface area contributed by atoms with Gasteiger partial charge in [0.1, 0.15) is 4.99 Å². The van der Waals surface area contributed by atoms with Gasteiger partial charge in [-0.1, -0.05) is 32.1 Å². The summed E-state index contributed by atoms with van der Waals surface area (Å²) < 4.78 is 0. The van der Waals surface area contributed by atoms with Crippen molar-refractivity contribution in [2.75, 3.05) is 0 Å². The van der Waals surface area contributed by atoms with E-state index in [-0.39, 0.29) is 0 Å². The van der Waals surface area contributed by atoms with Crippen molar-refractivity contribution < 1.29 is 0 Å². The first-order valence-corrected chi connectivity index (χ1v) is 4.29. The van der Waals surface area contributed by atoms with E-state index in [1.54, 1.807) is 0 Å². The fraction of sp³-hybridized carbons (Fsp3) is 0.333. The van der Waals surface area contributed by atoms with Crippen LogP contribution in [0.4, 0.5) is 0 Å². The summed E-state index contributed by atoms with van der Waals surface area (Å²) in [6, 6.07) is 5.73. The zero-order valence-corrected chi connectivity index (χ0v) is 8.06. The Hall–Kier alpha value is -0.960. The molecule has 0 spiro atoms. The lowest BCUT2D eigenvalue weighted by molar-refractivity contribution is 0.821. The third-order valence-electron chi connectivity index (χ3n) is 1.61. The van der Waals surface area contributed by atoms with Crippen LogP contribution in [0.1, 0.15) is 31.2 Å². The minimum absolute atomic E-state index is 0.359. The summed E-state index contributed by atoms with van der Waals surface area (Å²) in [6.45, 7) is 4.18. The molecule has 3 heteroatoms. The second-order valence-corrected chi connectivity index (χ2v) is 3.41. The van der Waals surface area contributed by atoms with Gasteiger partial charge in [-0.25, -0.2) is 0 Å². The zero-order valence-electron chi connectivity index (χ0n) is 7.24. The molecular weight excluding hydrogens is 168 g/mol. The summed E-state index contributed by atoms with van der Waals surface area (Å²) in [4.78, 5) is 4.66. The van der Waals surface area contributed by atoms with Crippen LogP contribution < -0.4 is 5.73 Å². The number of pyridine rings is 1. The van der Waals surface area contributed by atoms with Crippen molar-refractivity contribution in [3.05, 3.63) is 29.6 Å². The van der Waals surface area contributed by atoms with Crippen LogP contribution in [0.15, 0.2) is 18.2 Å². The zero-order chi connectivity index (χ0) is 9.14. The Morgan fingerprint density at radius 3 is 2.67 bits per heavy atom. The van der Waals surface area contributed by atoms with Gasteiger partial charge in [0.25, 0.3) is 0 Å². The Bertz CT molecular complexity index is 294. The molecule has 0 aliphatic carbocycles. The fourth-order valence-electron chi connectivity index (χ4n) is 0.910. The van der Waals surface area contributed by atoms with Gasteiger partial charge in [0.15, 0.2) is 0 Å². The molecule has 0 radical (unpaired) electrons. The Balaban J connectivity index is 3.04. The summed E-state index contributed by atoms with van der Waals surface area (Å²) in [5, 5.41) is 0. The predicted molar refractivity (Wildman–Crippen MR) is 54.2 cm³/mol. The van der Waals surface area contributed by atoms with Crippen LogP contribution in [-0.4, -0.2) is 9.97 Å². The molecule has 0 aromatic carbocycles. The van der Waals surface area contributed by atoms with Gasteiger partial charge < -0.3 is 5.73 Å². The van der Waals surface area contributed by atoms with E-state index in [1.165, 1.54) is 0 Å². The topological polar surface area (TPSA) is 38.9 Å². The quantitative estimate of drug-likeness (QED) is 0.706. The van der Waals surface area contributed by atoms with Crippen LogP contribution in [0.25, 0.3) is 0 Å². The van der Waals surface area contributed by atoms with Gasteiger partial charge in [0.05, 0.1) is 5.69 Å². The number of hydrogen-bond acceptors (Lipinski definition) is 2. The van der Waals surface area contributed by atoms with Gasteiger partial charge in [0, 0.05) is 5.69 Å². The molecule has 0 unspecified atom stereocenters. The molecule has 1 heterocycles. The van der Waals surface area contributed by atoms with Gasteiger partial charge in [-0.05, 0) is 18.1 Å². The summed E-state index contributed by atoms with van der Waals surface area (Å²) >= 11 is 4.82. The molecule has 0 aliphatic rings. The van der Waals surface area contributed by atoms with Gasteiger partial charge >= 0.3 is 0 Å². The molecule has 0 atom stereocenters. The van der Waals surface area contributed by atoms with Crippen LogP contribution in [0.3, 0.4) is 0 Å². The minimum Gasteiger partial charge on any atom is -0.388 e. The van der Waals surface area contributed by atoms with E-state index in [0.29, 0.717) is 16.6 Å². The summed E-state index contributed by atoms with van der Waals surface area (Å²) in [6.07, 6.45) is 0. The molecule has 0 saturated carbocycles. The van der Waals surface area contributed by atoms with E-state index in [9.17, 15) is 0 Å². The average molecular weight is 180 g/mol. The lowest BCUT2D eigenvalue weighted by Gasteiger charge is -2.05. The molecule has 0 bridgehead atoms. The van der Waals surface area contributed by atoms with Crippen LogP contribution in [-0.2, 0) is 0 Å². The Morgan fingerprint density at radius 1 is 1.50 bits per heavy atom. The maximum atomic E-state index is 5.45. The highest BCUT2D eigenvalue weighted by Gasteiger charge is 2.02. The fourth-order valence-corrected chi connectivity index (χ4v) is 1.02. The average Bonchev–Trinajstić information content (AvgIpc) is 2.04. The molecule has 1 rings (SSSR count). The number of aromatic nitrogens is 1. The monoisotopic (exact) mass is 180 g/mol. The molecule has 1 aromatic heterocycles. The molecule has 0 saturated heterocycles. The smallest absolute Gasteiger partial charge is 0.122 e. The maximum absolute atomic E-state index is 5.45. The Morgan fingerprint density at radius 2 is 2.17 bits per heavy atom. The highest BCUT2D eigenvalue weighted by atomic mass is 32.1. The first kappa shape index (κ1) is 9.13. The lowest BCUT2D eigenvalue weighted by atomic mass is 10.1. The van der Waals surface area contributed by atoms with E-state index in [1.807, 2.05) is 18.2 Å². The molecule has 1 aromatic rings. The van der Waals surface area contributed by atoms with Crippen molar-refractivity contribution in [3.63, 3.8) is 0 Å². The minimum atomic E-state index is 0.359. The number of thiocarbonyl (C=S) groups is 1. The standard InChI is InChI=1S/C9H12N2S/c1-6(2)7-4-3-5-8(11-7)9(10)12/h3-6H,1-2H3,(H2,10,12). The first-order chi connectivity index (χ1) is 5.61. The maximum Gasteiger partial charge on any atom is 0.122 e. The number of hydrogen-bond donors (Lipinski definition) is 1. The third kappa shape index (κ3) is 2.01. The lowest BCUT2D eigenvalue weighted by Crippen LogP contribution is -2.12. The van der Waals surface area contributed by atoms with Gasteiger partial charge in [-0.2, -0.15) is 0 Å². The molecule has 2 nitrogen and oxygen atoms in total. The van der Waals surface area contributed by atoms with Crippen molar-refractivity contribution in [2.45, 2.75) is 19.8 Å². The molecule has 0 amide bonds. The summed E-state index contributed by atoms with van der Waals surface area (Å²) in [5.74, 6) is 0.416. The molecule has 0 fully saturated rings.